The second-order valence-electron chi connectivity index (χ2n) is 4.64. The van der Waals surface area contributed by atoms with Gasteiger partial charge in [-0.05, 0) is 24.3 Å². The van der Waals surface area contributed by atoms with E-state index in [2.05, 4.69) is 15.6 Å². The number of aromatic nitrogens is 1. The number of pyridine rings is 1. The van der Waals surface area contributed by atoms with Gasteiger partial charge in [0.05, 0.1) is 4.92 Å². The van der Waals surface area contributed by atoms with Gasteiger partial charge < -0.3 is 15.5 Å². The molecule has 0 spiro atoms. The van der Waals surface area contributed by atoms with Crippen LogP contribution in [0, 0.1) is 10.1 Å². The Bertz CT molecular complexity index is 658. The monoisotopic (exact) mass is 287 g/mol. The lowest BCUT2D eigenvalue weighted by atomic mass is 10.2. The molecule has 1 aromatic heterocycles. The molecule has 0 unspecified atom stereocenters. The molecule has 0 saturated carbocycles. The maximum Gasteiger partial charge on any atom is 0.311 e. The van der Waals surface area contributed by atoms with Crippen LogP contribution < -0.4 is 15.5 Å². The van der Waals surface area contributed by atoms with Crippen LogP contribution in [0.4, 0.5) is 28.7 Å². The van der Waals surface area contributed by atoms with Gasteiger partial charge in [0.2, 0.25) is 5.82 Å². The molecule has 2 rings (SSSR count). The van der Waals surface area contributed by atoms with Gasteiger partial charge in [-0.25, -0.2) is 4.98 Å². The van der Waals surface area contributed by atoms with E-state index in [1.807, 2.05) is 43.3 Å². The highest BCUT2D eigenvalue weighted by molar-refractivity contribution is 5.70. The summed E-state index contributed by atoms with van der Waals surface area (Å²) in [5, 5.41) is 17.0. The predicted molar refractivity (Wildman–Crippen MR) is 84.5 cm³/mol. The van der Waals surface area contributed by atoms with Crippen molar-refractivity contribution in [2.24, 2.45) is 0 Å². The Morgan fingerprint density at radius 2 is 2.00 bits per heavy atom. The molecule has 21 heavy (non-hydrogen) atoms. The summed E-state index contributed by atoms with van der Waals surface area (Å²) >= 11 is 0. The molecule has 0 aliphatic carbocycles. The minimum absolute atomic E-state index is 0.0655. The van der Waals surface area contributed by atoms with Crippen molar-refractivity contribution in [3.05, 3.63) is 46.5 Å². The van der Waals surface area contributed by atoms with E-state index in [0.717, 1.165) is 11.4 Å². The largest absolute Gasteiger partial charge is 0.378 e. The SMILES string of the molecule is CNc1ccc([N+](=O)[O-])c(Nc2cccc(N(C)C)c2)n1. The summed E-state index contributed by atoms with van der Waals surface area (Å²) in [6.45, 7) is 0. The summed E-state index contributed by atoms with van der Waals surface area (Å²) in [7, 11) is 5.58. The van der Waals surface area contributed by atoms with E-state index in [4.69, 9.17) is 0 Å². The van der Waals surface area contributed by atoms with Crippen LogP contribution >= 0.6 is 0 Å². The molecule has 0 bridgehead atoms. The van der Waals surface area contributed by atoms with E-state index >= 15 is 0 Å². The molecule has 1 heterocycles. The predicted octanol–water partition coefficient (Wildman–Crippen LogP) is 2.84. The van der Waals surface area contributed by atoms with E-state index in [1.165, 1.54) is 6.07 Å². The number of anilines is 4. The number of hydrogen-bond donors (Lipinski definition) is 2. The fraction of sp³-hybridized carbons (Fsp3) is 0.214. The van der Waals surface area contributed by atoms with Crippen molar-refractivity contribution in [3.63, 3.8) is 0 Å². The first-order chi connectivity index (χ1) is 10.0. The molecule has 0 radical (unpaired) electrons. The fourth-order valence-electron chi connectivity index (χ4n) is 1.83. The highest BCUT2D eigenvalue weighted by Crippen LogP contribution is 2.28. The van der Waals surface area contributed by atoms with Gasteiger partial charge in [0.1, 0.15) is 5.82 Å². The van der Waals surface area contributed by atoms with Crippen molar-refractivity contribution in [2.75, 3.05) is 36.7 Å². The van der Waals surface area contributed by atoms with Crippen LogP contribution in [0.25, 0.3) is 0 Å². The third-order valence-electron chi connectivity index (χ3n) is 2.95. The zero-order valence-electron chi connectivity index (χ0n) is 12.1. The molecular formula is C14H17N5O2. The van der Waals surface area contributed by atoms with Gasteiger partial charge in [-0.3, -0.25) is 10.1 Å². The fourth-order valence-corrected chi connectivity index (χ4v) is 1.83. The molecule has 2 aromatic rings. The van der Waals surface area contributed by atoms with Gasteiger partial charge in [0, 0.05) is 38.6 Å². The molecule has 7 heteroatoms. The standard InChI is InChI=1S/C14H17N5O2/c1-15-13-8-7-12(19(20)21)14(17-13)16-10-5-4-6-11(9-10)18(2)3/h4-9H,1-3H3,(H2,15,16,17). The average molecular weight is 287 g/mol. The molecule has 0 saturated heterocycles. The first-order valence-electron chi connectivity index (χ1n) is 6.39. The molecule has 0 aliphatic heterocycles. The molecule has 1 aromatic carbocycles. The van der Waals surface area contributed by atoms with Crippen LogP contribution in [0.2, 0.25) is 0 Å². The van der Waals surface area contributed by atoms with Crippen molar-refractivity contribution in [2.45, 2.75) is 0 Å². The van der Waals surface area contributed by atoms with Crippen LogP contribution in [0.1, 0.15) is 0 Å². The Balaban J connectivity index is 2.38. The number of nitro groups is 1. The van der Waals surface area contributed by atoms with Crippen molar-refractivity contribution >= 4 is 28.7 Å². The first-order valence-corrected chi connectivity index (χ1v) is 6.39. The van der Waals surface area contributed by atoms with E-state index in [-0.39, 0.29) is 11.5 Å². The maximum atomic E-state index is 11.1. The summed E-state index contributed by atoms with van der Waals surface area (Å²) in [6, 6.07) is 10.6. The van der Waals surface area contributed by atoms with Gasteiger partial charge in [0.25, 0.3) is 0 Å². The number of nitrogens with one attached hydrogen (secondary N) is 2. The Morgan fingerprint density at radius 3 is 2.62 bits per heavy atom. The highest BCUT2D eigenvalue weighted by Gasteiger charge is 2.16. The Labute approximate surface area is 122 Å². The third kappa shape index (κ3) is 3.38. The zero-order valence-corrected chi connectivity index (χ0v) is 12.1. The Morgan fingerprint density at radius 1 is 1.24 bits per heavy atom. The summed E-state index contributed by atoms with van der Waals surface area (Å²) in [5.74, 6) is 0.773. The van der Waals surface area contributed by atoms with Gasteiger partial charge in [0.15, 0.2) is 0 Å². The maximum absolute atomic E-state index is 11.1. The summed E-state index contributed by atoms with van der Waals surface area (Å²) in [5.41, 5.74) is 1.67. The number of nitrogens with zero attached hydrogens (tertiary/aromatic N) is 3. The van der Waals surface area contributed by atoms with E-state index in [1.54, 1.807) is 13.1 Å². The topological polar surface area (TPSA) is 83.3 Å². The molecule has 110 valence electrons. The zero-order chi connectivity index (χ0) is 15.4. The van der Waals surface area contributed by atoms with Crippen molar-refractivity contribution < 1.29 is 4.92 Å². The minimum atomic E-state index is -0.454. The second kappa shape index (κ2) is 6.08. The molecule has 0 aliphatic rings. The van der Waals surface area contributed by atoms with Crippen LogP contribution in [0.3, 0.4) is 0 Å². The average Bonchev–Trinajstić information content (AvgIpc) is 2.47. The van der Waals surface area contributed by atoms with Gasteiger partial charge in [-0.15, -0.1) is 0 Å². The lowest BCUT2D eigenvalue weighted by Crippen LogP contribution is -2.09. The van der Waals surface area contributed by atoms with Crippen molar-refractivity contribution in [3.8, 4) is 0 Å². The number of hydrogen-bond acceptors (Lipinski definition) is 6. The van der Waals surface area contributed by atoms with E-state index in [9.17, 15) is 10.1 Å². The highest BCUT2D eigenvalue weighted by atomic mass is 16.6. The Kier molecular flexibility index (Phi) is 4.22. The van der Waals surface area contributed by atoms with Gasteiger partial charge >= 0.3 is 5.69 Å². The lowest BCUT2D eigenvalue weighted by molar-refractivity contribution is -0.384. The number of benzene rings is 1. The normalized spacial score (nSPS) is 10.0. The number of rotatable bonds is 5. The van der Waals surface area contributed by atoms with Crippen LogP contribution in [0.5, 0.6) is 0 Å². The quantitative estimate of drug-likeness (QED) is 0.650. The van der Waals surface area contributed by atoms with Crippen molar-refractivity contribution in [1.82, 2.24) is 4.98 Å². The molecular weight excluding hydrogens is 270 g/mol. The molecule has 0 atom stereocenters. The smallest absolute Gasteiger partial charge is 0.311 e. The second-order valence-corrected chi connectivity index (χ2v) is 4.64. The summed E-state index contributed by atoms with van der Waals surface area (Å²) in [4.78, 5) is 16.8. The first kappa shape index (κ1) is 14.6. The summed E-state index contributed by atoms with van der Waals surface area (Å²) in [6.07, 6.45) is 0. The van der Waals surface area contributed by atoms with Crippen LogP contribution in [0.15, 0.2) is 36.4 Å². The minimum Gasteiger partial charge on any atom is -0.378 e. The molecule has 0 amide bonds. The van der Waals surface area contributed by atoms with Crippen LogP contribution in [-0.4, -0.2) is 31.1 Å². The lowest BCUT2D eigenvalue weighted by Gasteiger charge is -2.14. The van der Waals surface area contributed by atoms with Crippen LogP contribution in [-0.2, 0) is 0 Å². The van der Waals surface area contributed by atoms with Gasteiger partial charge in [-0.1, -0.05) is 6.07 Å². The summed E-state index contributed by atoms with van der Waals surface area (Å²) < 4.78 is 0. The van der Waals surface area contributed by atoms with E-state index < -0.39 is 4.92 Å². The van der Waals surface area contributed by atoms with E-state index in [0.29, 0.717) is 5.82 Å². The molecule has 7 nitrogen and oxygen atoms in total. The third-order valence-corrected chi connectivity index (χ3v) is 2.95. The molecule has 0 fully saturated rings. The Hall–Kier alpha value is -2.83. The molecule has 2 N–H and O–H groups in total. The van der Waals surface area contributed by atoms with Gasteiger partial charge in [-0.2, -0.15) is 0 Å². The van der Waals surface area contributed by atoms with Crippen molar-refractivity contribution in [1.29, 1.82) is 0 Å².